The van der Waals surface area contributed by atoms with E-state index in [9.17, 15) is 19.8 Å². The zero-order valence-electron chi connectivity index (χ0n) is 11.8. The highest BCUT2D eigenvalue weighted by Crippen LogP contribution is 2.11. The van der Waals surface area contributed by atoms with Crippen molar-refractivity contribution in [1.82, 2.24) is 0 Å². The molecule has 0 aliphatic heterocycles. The van der Waals surface area contributed by atoms with Crippen molar-refractivity contribution in [3.63, 3.8) is 0 Å². The average molecular weight is 296 g/mol. The minimum atomic E-state index is -1.78. The molecule has 21 heavy (non-hydrogen) atoms. The molecule has 1 aromatic carbocycles. The van der Waals surface area contributed by atoms with Crippen LogP contribution in [0, 0.1) is 5.92 Å². The van der Waals surface area contributed by atoms with Crippen molar-refractivity contribution in [1.29, 1.82) is 0 Å². The standard InChI is InChI=1S/C15H20O6/c1-10(7-16)13(18)15(20)14(19)12(8-17)21-9-11-5-3-2-4-6-11/h2-6,8,10,12,14-16,19-20H,7,9H2,1H3/t10-,12+,14-,15+/m1/s1. The zero-order chi connectivity index (χ0) is 15.8. The molecule has 0 heterocycles. The van der Waals surface area contributed by atoms with E-state index in [1.807, 2.05) is 6.07 Å². The van der Waals surface area contributed by atoms with Gasteiger partial charge < -0.3 is 24.9 Å². The maximum absolute atomic E-state index is 11.7. The number of aliphatic hydroxyl groups is 3. The second kappa shape index (κ2) is 8.63. The van der Waals surface area contributed by atoms with E-state index in [0.717, 1.165) is 5.56 Å². The van der Waals surface area contributed by atoms with Crippen LogP contribution in [0.15, 0.2) is 30.3 Å². The summed E-state index contributed by atoms with van der Waals surface area (Å²) in [4.78, 5) is 22.6. The lowest BCUT2D eigenvalue weighted by Crippen LogP contribution is -2.46. The molecule has 0 aliphatic carbocycles. The van der Waals surface area contributed by atoms with Crippen LogP contribution in [0.3, 0.4) is 0 Å². The van der Waals surface area contributed by atoms with Crippen molar-refractivity contribution in [2.75, 3.05) is 6.61 Å². The first-order chi connectivity index (χ1) is 10.0. The third kappa shape index (κ3) is 5.02. The summed E-state index contributed by atoms with van der Waals surface area (Å²) < 4.78 is 5.23. The van der Waals surface area contributed by atoms with Gasteiger partial charge >= 0.3 is 0 Å². The highest BCUT2D eigenvalue weighted by molar-refractivity contribution is 5.86. The summed E-state index contributed by atoms with van der Waals surface area (Å²) in [6.07, 6.45) is -4.44. The molecule has 1 rings (SSSR count). The van der Waals surface area contributed by atoms with Crippen molar-refractivity contribution in [3.05, 3.63) is 35.9 Å². The summed E-state index contributed by atoms with van der Waals surface area (Å²) in [5.74, 6) is -1.56. The molecular weight excluding hydrogens is 276 g/mol. The van der Waals surface area contributed by atoms with Crippen LogP contribution in [0.2, 0.25) is 0 Å². The number of hydrogen-bond donors (Lipinski definition) is 3. The van der Waals surface area contributed by atoms with Gasteiger partial charge in [-0.15, -0.1) is 0 Å². The normalized spacial score (nSPS) is 16.8. The van der Waals surface area contributed by atoms with Crippen molar-refractivity contribution >= 4 is 12.1 Å². The van der Waals surface area contributed by atoms with Gasteiger partial charge in [0.2, 0.25) is 0 Å². The van der Waals surface area contributed by atoms with Crippen LogP contribution < -0.4 is 0 Å². The predicted octanol–water partition coefficient (Wildman–Crippen LogP) is -0.310. The maximum Gasteiger partial charge on any atom is 0.169 e. The Balaban J connectivity index is 2.62. The summed E-state index contributed by atoms with van der Waals surface area (Å²) in [5, 5.41) is 28.5. The van der Waals surface area contributed by atoms with Gasteiger partial charge in [-0.3, -0.25) is 4.79 Å². The van der Waals surface area contributed by atoms with Gasteiger partial charge in [-0.2, -0.15) is 0 Å². The Hall–Kier alpha value is -1.60. The van der Waals surface area contributed by atoms with E-state index in [2.05, 4.69) is 0 Å². The molecule has 0 fully saturated rings. The molecule has 0 unspecified atom stereocenters. The van der Waals surface area contributed by atoms with Crippen LogP contribution in [0.5, 0.6) is 0 Å². The van der Waals surface area contributed by atoms with Crippen LogP contribution in [0.4, 0.5) is 0 Å². The molecule has 0 radical (unpaired) electrons. The molecule has 0 aliphatic rings. The number of benzene rings is 1. The van der Waals surface area contributed by atoms with Crippen molar-refractivity contribution in [3.8, 4) is 0 Å². The van der Waals surface area contributed by atoms with Crippen LogP contribution in [0.25, 0.3) is 0 Å². The largest absolute Gasteiger partial charge is 0.396 e. The Labute approximate surface area is 123 Å². The summed E-state index contributed by atoms with van der Waals surface area (Å²) >= 11 is 0. The molecule has 0 bridgehead atoms. The van der Waals surface area contributed by atoms with E-state index in [0.29, 0.717) is 6.29 Å². The van der Waals surface area contributed by atoms with E-state index in [1.54, 1.807) is 24.3 Å². The van der Waals surface area contributed by atoms with E-state index in [1.165, 1.54) is 6.92 Å². The topological polar surface area (TPSA) is 104 Å². The summed E-state index contributed by atoms with van der Waals surface area (Å²) in [7, 11) is 0. The number of carbonyl (C=O) groups excluding carboxylic acids is 2. The molecule has 3 N–H and O–H groups in total. The first kappa shape index (κ1) is 17.5. The molecule has 0 amide bonds. The highest BCUT2D eigenvalue weighted by atomic mass is 16.5. The third-order valence-corrected chi connectivity index (χ3v) is 3.13. The van der Waals surface area contributed by atoms with E-state index >= 15 is 0 Å². The van der Waals surface area contributed by atoms with Gasteiger partial charge in [0, 0.05) is 5.92 Å². The molecule has 1 aromatic rings. The lowest BCUT2D eigenvalue weighted by Gasteiger charge is -2.23. The zero-order valence-corrected chi connectivity index (χ0v) is 11.8. The molecule has 0 saturated heterocycles. The number of rotatable bonds is 9. The average Bonchev–Trinajstić information content (AvgIpc) is 2.53. The number of hydrogen-bond acceptors (Lipinski definition) is 6. The van der Waals surface area contributed by atoms with Crippen molar-refractivity contribution < 1.29 is 29.6 Å². The number of Topliss-reactive ketones (excluding diaryl/α,β-unsaturated/α-hetero) is 1. The second-order valence-corrected chi connectivity index (χ2v) is 4.82. The first-order valence-corrected chi connectivity index (χ1v) is 6.62. The Kier molecular flexibility index (Phi) is 7.18. The molecular formula is C15H20O6. The van der Waals surface area contributed by atoms with E-state index < -0.39 is 36.6 Å². The SMILES string of the molecule is C[C@H](CO)C(=O)[C@H](O)[C@H](O)[C@H](C=O)OCc1ccccc1. The van der Waals surface area contributed by atoms with Gasteiger partial charge in [0.15, 0.2) is 12.1 Å². The van der Waals surface area contributed by atoms with Crippen LogP contribution in [0.1, 0.15) is 12.5 Å². The lowest BCUT2D eigenvalue weighted by atomic mass is 9.96. The number of ether oxygens (including phenoxy) is 1. The molecule has 0 saturated carbocycles. The number of aldehydes is 1. The minimum absolute atomic E-state index is 0.0672. The minimum Gasteiger partial charge on any atom is -0.396 e. The Morgan fingerprint density at radius 2 is 1.90 bits per heavy atom. The van der Waals surface area contributed by atoms with Gasteiger partial charge in [-0.25, -0.2) is 0 Å². The van der Waals surface area contributed by atoms with Crippen molar-refractivity contribution in [2.45, 2.75) is 31.8 Å². The van der Waals surface area contributed by atoms with Crippen LogP contribution in [-0.2, 0) is 20.9 Å². The third-order valence-electron chi connectivity index (χ3n) is 3.13. The fraction of sp³-hybridized carbons (Fsp3) is 0.467. The quantitative estimate of drug-likeness (QED) is 0.540. The molecule has 6 nitrogen and oxygen atoms in total. The monoisotopic (exact) mass is 296 g/mol. The number of ketones is 1. The molecule has 0 spiro atoms. The highest BCUT2D eigenvalue weighted by Gasteiger charge is 2.33. The van der Waals surface area contributed by atoms with Gasteiger partial charge in [-0.1, -0.05) is 37.3 Å². The van der Waals surface area contributed by atoms with Gasteiger partial charge in [0.1, 0.15) is 18.3 Å². The van der Waals surface area contributed by atoms with Crippen molar-refractivity contribution in [2.24, 2.45) is 5.92 Å². The maximum atomic E-state index is 11.7. The van der Waals surface area contributed by atoms with Gasteiger partial charge in [0.25, 0.3) is 0 Å². The molecule has 116 valence electrons. The summed E-state index contributed by atoms with van der Waals surface area (Å²) in [6, 6.07) is 8.99. The van der Waals surface area contributed by atoms with E-state index in [-0.39, 0.29) is 6.61 Å². The molecule has 4 atom stereocenters. The fourth-order valence-electron chi connectivity index (χ4n) is 1.71. The summed E-state index contributed by atoms with van der Waals surface area (Å²) in [6.45, 7) is 1.04. The Morgan fingerprint density at radius 3 is 2.43 bits per heavy atom. The van der Waals surface area contributed by atoms with Crippen LogP contribution in [-0.4, -0.2) is 52.3 Å². The summed E-state index contributed by atoms with van der Waals surface area (Å²) in [5.41, 5.74) is 0.793. The lowest BCUT2D eigenvalue weighted by molar-refractivity contribution is -0.150. The fourth-order valence-corrected chi connectivity index (χ4v) is 1.71. The van der Waals surface area contributed by atoms with Gasteiger partial charge in [-0.05, 0) is 5.56 Å². The Morgan fingerprint density at radius 1 is 1.29 bits per heavy atom. The molecule has 6 heteroatoms. The molecule has 0 aromatic heterocycles. The first-order valence-electron chi connectivity index (χ1n) is 6.62. The van der Waals surface area contributed by atoms with Gasteiger partial charge in [0.05, 0.1) is 13.2 Å². The van der Waals surface area contributed by atoms with E-state index in [4.69, 9.17) is 9.84 Å². The van der Waals surface area contributed by atoms with Crippen LogP contribution >= 0.6 is 0 Å². The number of carbonyl (C=O) groups is 2. The predicted molar refractivity (Wildman–Crippen MR) is 74.4 cm³/mol. The Bertz CT molecular complexity index is 447. The smallest absolute Gasteiger partial charge is 0.169 e. The second-order valence-electron chi connectivity index (χ2n) is 4.82. The number of aliphatic hydroxyl groups excluding tert-OH is 3.